The van der Waals surface area contributed by atoms with Gasteiger partial charge in [-0.25, -0.2) is 0 Å². The first-order chi connectivity index (χ1) is 8.15. The number of aromatic nitrogens is 4. The lowest BCUT2D eigenvalue weighted by Crippen LogP contribution is -2.15. The predicted molar refractivity (Wildman–Crippen MR) is 62.1 cm³/mol. The second-order valence-electron chi connectivity index (χ2n) is 3.44. The number of benzene rings is 1. The van der Waals surface area contributed by atoms with Crippen molar-refractivity contribution in [3.8, 4) is 11.4 Å². The maximum atomic E-state index is 10.6. The average Bonchev–Trinajstić information content (AvgIpc) is 2.75. The summed E-state index contributed by atoms with van der Waals surface area (Å²) < 4.78 is 0. The smallest absolute Gasteiger partial charge is 0.219 e. The van der Waals surface area contributed by atoms with Crippen LogP contribution in [0.3, 0.4) is 0 Å². The Balaban J connectivity index is 2.15. The van der Waals surface area contributed by atoms with E-state index in [0.717, 1.165) is 5.56 Å². The molecule has 0 saturated heterocycles. The Labute approximate surface area is 102 Å². The first-order valence-corrected chi connectivity index (χ1v) is 5.35. The van der Waals surface area contributed by atoms with E-state index in [1.54, 1.807) is 12.1 Å². The van der Waals surface area contributed by atoms with Gasteiger partial charge >= 0.3 is 0 Å². The summed E-state index contributed by atoms with van der Waals surface area (Å²) in [6.45, 7) is 0.322. The highest BCUT2D eigenvalue weighted by Crippen LogP contribution is 2.18. The van der Waals surface area contributed by atoms with Gasteiger partial charge in [0.2, 0.25) is 11.7 Å². The van der Waals surface area contributed by atoms with Crippen LogP contribution in [-0.2, 0) is 11.3 Å². The largest absolute Gasteiger partial charge is 0.370 e. The Kier molecular flexibility index (Phi) is 3.34. The number of rotatable bonds is 4. The summed E-state index contributed by atoms with van der Waals surface area (Å²) in [6, 6.07) is 7.16. The number of tetrazole rings is 1. The first-order valence-electron chi connectivity index (χ1n) is 4.97. The van der Waals surface area contributed by atoms with Crippen molar-refractivity contribution < 1.29 is 4.79 Å². The molecule has 6 nitrogen and oxygen atoms in total. The summed E-state index contributed by atoms with van der Waals surface area (Å²) >= 11 is 5.86. The molecule has 0 atom stereocenters. The van der Waals surface area contributed by atoms with E-state index in [1.807, 2.05) is 12.1 Å². The van der Waals surface area contributed by atoms with Crippen LogP contribution in [0, 0.1) is 0 Å². The van der Waals surface area contributed by atoms with Crippen LogP contribution in [0.15, 0.2) is 24.3 Å². The molecule has 0 aliphatic rings. The molecule has 1 aromatic carbocycles. The van der Waals surface area contributed by atoms with Crippen molar-refractivity contribution in [2.45, 2.75) is 13.0 Å². The molecule has 0 unspecified atom stereocenters. The van der Waals surface area contributed by atoms with E-state index in [9.17, 15) is 4.79 Å². The van der Waals surface area contributed by atoms with Gasteiger partial charge in [-0.1, -0.05) is 23.7 Å². The number of carbonyl (C=O) groups excluding carboxylic acids is 1. The second-order valence-corrected chi connectivity index (χ2v) is 3.87. The third-order valence-corrected chi connectivity index (χ3v) is 2.33. The molecule has 0 radical (unpaired) electrons. The third kappa shape index (κ3) is 3.01. The van der Waals surface area contributed by atoms with Crippen LogP contribution < -0.4 is 5.73 Å². The molecule has 0 aliphatic carbocycles. The molecule has 17 heavy (non-hydrogen) atoms. The summed E-state index contributed by atoms with van der Waals surface area (Å²) in [7, 11) is 0. The predicted octanol–water partition coefficient (Wildman–Crippen LogP) is 0.869. The van der Waals surface area contributed by atoms with E-state index in [1.165, 1.54) is 4.80 Å². The van der Waals surface area contributed by atoms with Crippen LogP contribution in [0.4, 0.5) is 0 Å². The summed E-state index contributed by atoms with van der Waals surface area (Å²) in [5.74, 6) is 0.0728. The van der Waals surface area contributed by atoms with Gasteiger partial charge in [-0.2, -0.15) is 4.80 Å². The third-order valence-electron chi connectivity index (χ3n) is 2.09. The quantitative estimate of drug-likeness (QED) is 0.873. The highest BCUT2D eigenvalue weighted by atomic mass is 35.5. The van der Waals surface area contributed by atoms with E-state index in [-0.39, 0.29) is 6.42 Å². The van der Waals surface area contributed by atoms with Gasteiger partial charge in [-0.05, 0) is 17.3 Å². The SMILES string of the molecule is NC(=O)CCn1nnc(-c2cccc(Cl)c2)n1. The molecule has 1 amide bonds. The normalized spacial score (nSPS) is 10.4. The molecular weight excluding hydrogens is 242 g/mol. The molecule has 7 heteroatoms. The van der Waals surface area contributed by atoms with Gasteiger partial charge in [0.25, 0.3) is 0 Å². The Morgan fingerprint density at radius 2 is 2.29 bits per heavy atom. The monoisotopic (exact) mass is 251 g/mol. The van der Waals surface area contributed by atoms with Crippen molar-refractivity contribution in [1.82, 2.24) is 20.2 Å². The lowest BCUT2D eigenvalue weighted by molar-refractivity contribution is -0.118. The number of aryl methyl sites for hydroxylation is 1. The molecule has 0 aliphatic heterocycles. The van der Waals surface area contributed by atoms with Crippen molar-refractivity contribution >= 4 is 17.5 Å². The van der Waals surface area contributed by atoms with E-state index in [4.69, 9.17) is 17.3 Å². The fourth-order valence-corrected chi connectivity index (χ4v) is 1.48. The second kappa shape index (κ2) is 4.92. The minimum atomic E-state index is -0.397. The number of nitrogens with two attached hydrogens (primary N) is 1. The van der Waals surface area contributed by atoms with Crippen LogP contribution in [0.25, 0.3) is 11.4 Å². The molecule has 1 heterocycles. The topological polar surface area (TPSA) is 86.7 Å². The maximum absolute atomic E-state index is 10.6. The van der Waals surface area contributed by atoms with Crippen LogP contribution in [0.5, 0.6) is 0 Å². The van der Waals surface area contributed by atoms with Gasteiger partial charge in [0.15, 0.2) is 0 Å². The zero-order valence-corrected chi connectivity index (χ0v) is 9.63. The lowest BCUT2D eigenvalue weighted by Gasteiger charge is -1.95. The summed E-state index contributed by atoms with van der Waals surface area (Å²) in [6.07, 6.45) is 0.186. The molecular formula is C10H10ClN5O. The molecule has 2 N–H and O–H groups in total. The van der Waals surface area contributed by atoms with Crippen LogP contribution in [-0.4, -0.2) is 26.1 Å². The summed E-state index contributed by atoms with van der Waals surface area (Å²) in [4.78, 5) is 11.9. The van der Waals surface area contributed by atoms with Crippen molar-refractivity contribution in [2.75, 3.05) is 0 Å². The number of hydrogen-bond acceptors (Lipinski definition) is 4. The standard InChI is InChI=1S/C10H10ClN5O/c11-8-3-1-2-7(6-8)10-13-15-16(14-10)5-4-9(12)17/h1-3,6H,4-5H2,(H2,12,17). The average molecular weight is 252 g/mol. The van der Waals surface area contributed by atoms with E-state index < -0.39 is 5.91 Å². The lowest BCUT2D eigenvalue weighted by atomic mass is 10.2. The van der Waals surface area contributed by atoms with Crippen LogP contribution >= 0.6 is 11.6 Å². The minimum Gasteiger partial charge on any atom is -0.370 e. The zero-order chi connectivity index (χ0) is 12.3. The van der Waals surface area contributed by atoms with Crippen LogP contribution in [0.1, 0.15) is 6.42 Å². The van der Waals surface area contributed by atoms with Gasteiger partial charge in [0, 0.05) is 17.0 Å². The number of halogens is 1. The molecule has 0 bridgehead atoms. The van der Waals surface area contributed by atoms with Gasteiger partial charge in [-0.15, -0.1) is 10.2 Å². The van der Waals surface area contributed by atoms with Gasteiger partial charge < -0.3 is 5.73 Å². The number of carbonyl (C=O) groups is 1. The summed E-state index contributed by atoms with van der Waals surface area (Å²) in [5.41, 5.74) is 5.81. The maximum Gasteiger partial charge on any atom is 0.219 e. The van der Waals surface area contributed by atoms with E-state index in [0.29, 0.717) is 17.4 Å². The van der Waals surface area contributed by atoms with Gasteiger partial charge in [0.05, 0.1) is 6.54 Å². The molecule has 2 rings (SSSR count). The highest BCUT2D eigenvalue weighted by molar-refractivity contribution is 6.30. The Morgan fingerprint density at radius 1 is 1.47 bits per heavy atom. The Morgan fingerprint density at radius 3 is 3.00 bits per heavy atom. The number of primary amides is 1. The fraction of sp³-hybridized carbons (Fsp3) is 0.200. The van der Waals surface area contributed by atoms with Crippen molar-refractivity contribution in [2.24, 2.45) is 5.73 Å². The van der Waals surface area contributed by atoms with Gasteiger partial charge in [-0.3, -0.25) is 4.79 Å². The van der Waals surface area contributed by atoms with Crippen molar-refractivity contribution in [3.05, 3.63) is 29.3 Å². The minimum absolute atomic E-state index is 0.186. The molecule has 0 saturated carbocycles. The molecule has 88 valence electrons. The Hall–Kier alpha value is -1.95. The molecule has 0 spiro atoms. The molecule has 2 aromatic rings. The summed E-state index contributed by atoms with van der Waals surface area (Å²) in [5, 5.41) is 12.4. The zero-order valence-electron chi connectivity index (χ0n) is 8.88. The number of hydrogen-bond donors (Lipinski definition) is 1. The van der Waals surface area contributed by atoms with Crippen molar-refractivity contribution in [1.29, 1.82) is 0 Å². The van der Waals surface area contributed by atoms with E-state index >= 15 is 0 Å². The van der Waals surface area contributed by atoms with Gasteiger partial charge in [0.1, 0.15) is 0 Å². The molecule has 1 aromatic heterocycles. The number of nitrogens with zero attached hydrogens (tertiary/aromatic N) is 4. The number of amides is 1. The first kappa shape index (κ1) is 11.5. The highest BCUT2D eigenvalue weighted by Gasteiger charge is 2.06. The molecule has 0 fully saturated rings. The van der Waals surface area contributed by atoms with E-state index in [2.05, 4.69) is 15.4 Å². The van der Waals surface area contributed by atoms with Crippen molar-refractivity contribution in [3.63, 3.8) is 0 Å². The Bertz CT molecular complexity index is 539. The van der Waals surface area contributed by atoms with Crippen LogP contribution in [0.2, 0.25) is 5.02 Å². The fourth-order valence-electron chi connectivity index (χ4n) is 1.29.